The fourth-order valence-corrected chi connectivity index (χ4v) is 6.55. The highest BCUT2D eigenvalue weighted by Gasteiger charge is 2.32. The lowest BCUT2D eigenvalue weighted by Crippen LogP contribution is -2.45. The van der Waals surface area contributed by atoms with E-state index in [-0.39, 0.29) is 12.3 Å². The first-order chi connectivity index (χ1) is 19.4. The second kappa shape index (κ2) is 12.1. The maximum atomic E-state index is 13.2. The number of hydrogen-bond donors (Lipinski definition) is 1. The summed E-state index contributed by atoms with van der Waals surface area (Å²) in [6.07, 6.45) is 1.33. The van der Waals surface area contributed by atoms with Gasteiger partial charge in [0.1, 0.15) is 16.9 Å². The molecule has 1 N–H and O–H groups in total. The molecule has 2 aliphatic heterocycles. The van der Waals surface area contributed by atoms with Crippen molar-refractivity contribution in [3.05, 3.63) is 63.0 Å². The van der Waals surface area contributed by atoms with Crippen LogP contribution in [0.4, 0.5) is 0 Å². The molecule has 1 atom stereocenters. The molecule has 0 saturated carbocycles. The van der Waals surface area contributed by atoms with Crippen LogP contribution in [0.5, 0.6) is 0 Å². The van der Waals surface area contributed by atoms with Crippen LogP contribution in [0, 0.1) is 36.5 Å². The van der Waals surface area contributed by atoms with Crippen molar-refractivity contribution in [3.8, 4) is 17.1 Å². The van der Waals surface area contributed by atoms with Crippen LogP contribution in [0.3, 0.4) is 0 Å². The summed E-state index contributed by atoms with van der Waals surface area (Å²) in [5, 5.41) is 31.5. The van der Waals surface area contributed by atoms with Crippen molar-refractivity contribution in [1.29, 1.82) is 10.5 Å². The van der Waals surface area contributed by atoms with Gasteiger partial charge in [-0.15, -0.1) is 21.5 Å². The minimum Gasteiger partial charge on any atom is -0.356 e. The van der Waals surface area contributed by atoms with Gasteiger partial charge in [-0.25, -0.2) is 0 Å². The number of carbonyl (C=O) groups is 1. The van der Waals surface area contributed by atoms with Gasteiger partial charge < -0.3 is 15.1 Å². The zero-order valence-electron chi connectivity index (χ0n) is 23.1. The Kier molecular flexibility index (Phi) is 8.36. The Morgan fingerprint density at radius 2 is 1.88 bits per heavy atom. The van der Waals surface area contributed by atoms with Gasteiger partial charge in [-0.1, -0.05) is 12.1 Å². The maximum absolute atomic E-state index is 13.2. The molecular formula is C29H33N9OS. The van der Waals surface area contributed by atoms with Crippen LogP contribution in [0.1, 0.15) is 57.7 Å². The van der Waals surface area contributed by atoms with Gasteiger partial charge in [0.05, 0.1) is 36.3 Å². The van der Waals surface area contributed by atoms with Gasteiger partial charge in [-0.3, -0.25) is 14.4 Å². The molecule has 3 aromatic rings. The number of aryl methyl sites for hydroxylation is 1. The van der Waals surface area contributed by atoms with Crippen LogP contribution in [0.2, 0.25) is 0 Å². The summed E-state index contributed by atoms with van der Waals surface area (Å²) < 4.78 is 1.99. The van der Waals surface area contributed by atoms with Gasteiger partial charge in [0.15, 0.2) is 5.82 Å². The van der Waals surface area contributed by atoms with E-state index in [4.69, 9.17) is 4.99 Å². The number of nitriles is 2. The Balaban J connectivity index is 1.42. The topological polar surface area (TPSA) is 126 Å². The number of benzene rings is 1. The van der Waals surface area contributed by atoms with Crippen molar-refractivity contribution in [3.63, 3.8) is 0 Å². The zero-order chi connectivity index (χ0) is 28.2. The van der Waals surface area contributed by atoms with Crippen LogP contribution < -0.4 is 5.32 Å². The summed E-state index contributed by atoms with van der Waals surface area (Å²) >= 11 is 1.54. The van der Waals surface area contributed by atoms with Crippen LogP contribution in [-0.4, -0.2) is 82.5 Å². The van der Waals surface area contributed by atoms with Crippen molar-refractivity contribution < 1.29 is 4.79 Å². The summed E-state index contributed by atoms with van der Waals surface area (Å²) in [7, 11) is 2.15. The Bertz CT molecular complexity index is 1500. The van der Waals surface area contributed by atoms with Gasteiger partial charge in [0, 0.05) is 48.7 Å². The second-order valence-electron chi connectivity index (χ2n) is 10.3. The molecule has 0 aliphatic carbocycles. The molecule has 0 spiro atoms. The average molecular weight is 556 g/mol. The van der Waals surface area contributed by atoms with E-state index in [9.17, 15) is 15.3 Å². The number of carbonyl (C=O) groups excluding carboxylic acids is 1. The molecule has 10 nitrogen and oxygen atoms in total. The lowest BCUT2D eigenvalue weighted by Gasteiger charge is -2.32. The molecule has 40 heavy (non-hydrogen) atoms. The third-order valence-electron chi connectivity index (χ3n) is 7.57. The monoisotopic (exact) mass is 555 g/mol. The average Bonchev–Trinajstić information content (AvgIpc) is 3.45. The second-order valence-corrected chi connectivity index (χ2v) is 11.4. The minimum atomic E-state index is -0.539. The summed E-state index contributed by atoms with van der Waals surface area (Å²) in [6.45, 7) is 9.76. The third kappa shape index (κ3) is 5.68. The van der Waals surface area contributed by atoms with Crippen LogP contribution >= 0.6 is 11.3 Å². The van der Waals surface area contributed by atoms with E-state index in [2.05, 4.69) is 44.5 Å². The fourth-order valence-electron chi connectivity index (χ4n) is 5.25. The van der Waals surface area contributed by atoms with Crippen molar-refractivity contribution in [2.45, 2.75) is 39.2 Å². The number of amides is 1. The molecule has 206 valence electrons. The first-order valence-corrected chi connectivity index (χ1v) is 14.4. The van der Waals surface area contributed by atoms with E-state index in [1.807, 2.05) is 30.5 Å². The molecule has 1 aromatic carbocycles. The van der Waals surface area contributed by atoms with Crippen molar-refractivity contribution in [2.75, 3.05) is 46.3 Å². The quantitative estimate of drug-likeness (QED) is 0.424. The van der Waals surface area contributed by atoms with Gasteiger partial charge in [0.25, 0.3) is 0 Å². The molecule has 1 saturated heterocycles. The van der Waals surface area contributed by atoms with Gasteiger partial charge in [0.2, 0.25) is 5.91 Å². The molecule has 0 bridgehead atoms. The van der Waals surface area contributed by atoms with E-state index in [0.717, 1.165) is 71.4 Å². The van der Waals surface area contributed by atoms with E-state index in [1.165, 1.54) is 11.3 Å². The molecule has 0 radical (unpaired) electrons. The van der Waals surface area contributed by atoms with Crippen molar-refractivity contribution >= 4 is 23.0 Å². The first kappa shape index (κ1) is 27.7. The Morgan fingerprint density at radius 3 is 2.58 bits per heavy atom. The zero-order valence-corrected chi connectivity index (χ0v) is 24.0. The molecule has 1 amide bonds. The molecule has 11 heteroatoms. The van der Waals surface area contributed by atoms with Crippen molar-refractivity contribution in [1.82, 2.24) is 29.9 Å². The lowest BCUT2D eigenvalue weighted by atomic mass is 9.98. The third-order valence-corrected chi connectivity index (χ3v) is 8.85. The first-order valence-electron chi connectivity index (χ1n) is 13.6. The standard InChI is InChI=1S/C29H33N9OS/c1-19-24(9-10-30)40-29-26(19)27(22-7-5-21(18-31)6-8-22)33-23(28-35-34-20(2)38(28)29)17-25(39)32-11-4-12-37-15-13-36(3)14-16-37/h5-8,23H,4,9,11-17H2,1-3H3,(H,32,39)/t23-/m1/s1. The molecule has 0 unspecified atom stereocenters. The Morgan fingerprint density at radius 1 is 1.12 bits per heavy atom. The number of thiophene rings is 1. The SMILES string of the molecule is Cc1c(CC#N)sc2c1C(c1ccc(C#N)cc1)=N[C@H](CC(=O)NCCCN1CCN(C)CC1)c1nnc(C)n1-2. The molecule has 1 fully saturated rings. The smallest absolute Gasteiger partial charge is 0.222 e. The highest BCUT2D eigenvalue weighted by Crippen LogP contribution is 2.40. The fraction of sp³-hybridized carbons (Fsp3) is 0.448. The maximum Gasteiger partial charge on any atom is 0.222 e. The highest BCUT2D eigenvalue weighted by molar-refractivity contribution is 7.15. The summed E-state index contributed by atoms with van der Waals surface area (Å²) in [5.41, 5.74) is 4.04. The molecule has 5 rings (SSSR count). The number of nitrogens with one attached hydrogen (secondary N) is 1. The molecule has 2 aliphatic rings. The van der Waals surface area contributed by atoms with Crippen LogP contribution in [0.25, 0.3) is 5.00 Å². The predicted octanol–water partition coefficient (Wildman–Crippen LogP) is 2.92. The van der Waals surface area contributed by atoms with Crippen LogP contribution in [-0.2, 0) is 11.2 Å². The number of aromatic nitrogens is 3. The molecule has 2 aromatic heterocycles. The molecular weight excluding hydrogens is 522 g/mol. The number of fused-ring (bicyclic) bond motifs is 3. The Labute approximate surface area is 238 Å². The highest BCUT2D eigenvalue weighted by atomic mass is 32.1. The number of aliphatic imine (C=N–C) groups is 1. The number of nitrogens with zero attached hydrogens (tertiary/aromatic N) is 8. The summed E-state index contributed by atoms with van der Waals surface area (Å²) in [4.78, 5) is 24.0. The summed E-state index contributed by atoms with van der Waals surface area (Å²) in [6, 6.07) is 11.2. The van der Waals surface area contributed by atoms with E-state index in [0.29, 0.717) is 30.2 Å². The number of piperazine rings is 1. The predicted molar refractivity (Wildman–Crippen MR) is 154 cm³/mol. The van der Waals surface area contributed by atoms with Crippen LogP contribution in [0.15, 0.2) is 29.3 Å². The van der Waals surface area contributed by atoms with Gasteiger partial charge in [-0.05, 0) is 51.6 Å². The number of hydrogen-bond acceptors (Lipinski definition) is 9. The summed E-state index contributed by atoms with van der Waals surface area (Å²) in [5.74, 6) is 1.24. The Hall–Kier alpha value is -3.90. The minimum absolute atomic E-state index is 0.0781. The normalized spacial score (nSPS) is 17.2. The largest absolute Gasteiger partial charge is 0.356 e. The number of likely N-dealkylation sites (N-methyl/N-ethyl adjacent to an activating group) is 1. The lowest BCUT2D eigenvalue weighted by molar-refractivity contribution is -0.121. The number of rotatable bonds is 8. The van der Waals surface area contributed by atoms with E-state index in [1.54, 1.807) is 12.1 Å². The van der Waals surface area contributed by atoms with E-state index >= 15 is 0 Å². The van der Waals surface area contributed by atoms with Crippen molar-refractivity contribution in [2.24, 2.45) is 4.99 Å². The molecule has 4 heterocycles. The van der Waals surface area contributed by atoms with E-state index < -0.39 is 6.04 Å². The van der Waals surface area contributed by atoms with Gasteiger partial charge >= 0.3 is 0 Å². The van der Waals surface area contributed by atoms with Gasteiger partial charge in [-0.2, -0.15) is 10.5 Å².